The van der Waals surface area contributed by atoms with Gasteiger partial charge in [-0.3, -0.25) is 0 Å². The lowest BCUT2D eigenvalue weighted by Crippen LogP contribution is -2.37. The van der Waals surface area contributed by atoms with Crippen LogP contribution in [0, 0.1) is 11.6 Å². The standard InChI is InChI=1S/C25H31F2N3O/c26-22-9-5-20(6-10-22)24(21-7-11-23(27)12-8-21)4-3-15-29-18-19-30(25(29)31)17-16-28-13-1-2-14-28/h5-12,24H,1-4,13-19H2. The number of nitrogens with zero attached hydrogens (tertiary/aromatic N) is 3. The Morgan fingerprint density at radius 2 is 1.23 bits per heavy atom. The van der Waals surface area contributed by atoms with E-state index in [9.17, 15) is 13.6 Å². The van der Waals surface area contributed by atoms with E-state index in [1.54, 1.807) is 24.3 Å². The van der Waals surface area contributed by atoms with Crippen molar-refractivity contribution in [1.82, 2.24) is 14.7 Å². The Kier molecular flexibility index (Phi) is 7.17. The third kappa shape index (κ3) is 5.62. The number of carbonyl (C=O) groups excluding carboxylic acids is 1. The number of hydrogen-bond donors (Lipinski definition) is 0. The van der Waals surface area contributed by atoms with Crippen LogP contribution in [0.15, 0.2) is 48.5 Å². The van der Waals surface area contributed by atoms with E-state index in [2.05, 4.69) is 4.90 Å². The van der Waals surface area contributed by atoms with Gasteiger partial charge in [0.1, 0.15) is 11.6 Å². The van der Waals surface area contributed by atoms with E-state index in [1.165, 1.54) is 37.1 Å². The molecule has 2 aliphatic rings. The Morgan fingerprint density at radius 1 is 0.710 bits per heavy atom. The topological polar surface area (TPSA) is 26.8 Å². The van der Waals surface area contributed by atoms with Crippen LogP contribution in [0.2, 0.25) is 0 Å². The van der Waals surface area contributed by atoms with E-state index in [0.717, 1.165) is 63.2 Å². The van der Waals surface area contributed by atoms with E-state index >= 15 is 0 Å². The third-order valence-corrected chi connectivity index (χ3v) is 6.53. The number of likely N-dealkylation sites (tertiary alicyclic amines) is 1. The highest BCUT2D eigenvalue weighted by molar-refractivity contribution is 5.76. The quantitative estimate of drug-likeness (QED) is 0.580. The molecule has 2 aliphatic heterocycles. The number of amides is 2. The first-order valence-corrected chi connectivity index (χ1v) is 11.4. The van der Waals surface area contributed by atoms with Gasteiger partial charge in [0.25, 0.3) is 0 Å². The van der Waals surface area contributed by atoms with Gasteiger partial charge in [0, 0.05) is 38.6 Å². The number of urea groups is 1. The molecule has 2 aromatic rings. The second-order valence-electron chi connectivity index (χ2n) is 8.60. The first-order chi connectivity index (χ1) is 15.1. The van der Waals surface area contributed by atoms with Crippen molar-refractivity contribution < 1.29 is 13.6 Å². The molecule has 2 saturated heterocycles. The Morgan fingerprint density at radius 3 is 1.77 bits per heavy atom. The molecule has 6 heteroatoms. The van der Waals surface area contributed by atoms with Crippen molar-refractivity contribution in [2.24, 2.45) is 0 Å². The van der Waals surface area contributed by atoms with Gasteiger partial charge in [-0.05, 0) is 74.2 Å². The molecule has 0 aliphatic carbocycles. The molecule has 2 amide bonds. The molecular formula is C25H31F2N3O. The molecule has 0 spiro atoms. The van der Waals surface area contributed by atoms with Gasteiger partial charge in [0.05, 0.1) is 0 Å². The zero-order valence-electron chi connectivity index (χ0n) is 18.0. The van der Waals surface area contributed by atoms with Gasteiger partial charge in [0.2, 0.25) is 0 Å². The smallest absolute Gasteiger partial charge is 0.320 e. The molecule has 0 unspecified atom stereocenters. The summed E-state index contributed by atoms with van der Waals surface area (Å²) in [4.78, 5) is 19.1. The molecule has 0 bridgehead atoms. The number of rotatable bonds is 9. The molecule has 0 radical (unpaired) electrons. The van der Waals surface area contributed by atoms with Crippen LogP contribution in [-0.4, -0.2) is 66.5 Å². The summed E-state index contributed by atoms with van der Waals surface area (Å²) in [5, 5.41) is 0. The number of halogens is 2. The lowest BCUT2D eigenvalue weighted by Gasteiger charge is -2.23. The van der Waals surface area contributed by atoms with Crippen LogP contribution < -0.4 is 0 Å². The minimum atomic E-state index is -0.265. The molecule has 2 fully saturated rings. The molecule has 4 nitrogen and oxygen atoms in total. The van der Waals surface area contributed by atoms with Crippen molar-refractivity contribution in [2.75, 3.05) is 45.8 Å². The Bertz CT molecular complexity index is 805. The van der Waals surface area contributed by atoms with E-state index in [-0.39, 0.29) is 23.6 Å². The summed E-state index contributed by atoms with van der Waals surface area (Å²) in [6, 6.07) is 13.2. The minimum Gasteiger partial charge on any atom is -0.323 e. The van der Waals surface area contributed by atoms with Crippen LogP contribution in [0.3, 0.4) is 0 Å². The van der Waals surface area contributed by atoms with Crippen molar-refractivity contribution in [3.05, 3.63) is 71.3 Å². The number of hydrogen-bond acceptors (Lipinski definition) is 2. The van der Waals surface area contributed by atoms with Crippen molar-refractivity contribution in [3.63, 3.8) is 0 Å². The van der Waals surface area contributed by atoms with Crippen molar-refractivity contribution >= 4 is 6.03 Å². The molecule has 0 atom stereocenters. The summed E-state index contributed by atoms with van der Waals surface area (Å²) in [5.41, 5.74) is 2.01. The zero-order chi connectivity index (χ0) is 21.6. The fourth-order valence-corrected chi connectivity index (χ4v) is 4.72. The number of carbonyl (C=O) groups is 1. The first-order valence-electron chi connectivity index (χ1n) is 11.4. The average Bonchev–Trinajstić information content (AvgIpc) is 3.42. The highest BCUT2D eigenvalue weighted by Gasteiger charge is 2.28. The van der Waals surface area contributed by atoms with E-state index in [4.69, 9.17) is 0 Å². The Hall–Kier alpha value is -2.47. The fourth-order valence-electron chi connectivity index (χ4n) is 4.72. The predicted molar refractivity (Wildman–Crippen MR) is 118 cm³/mol. The van der Waals surface area contributed by atoms with Crippen LogP contribution in [0.1, 0.15) is 42.7 Å². The summed E-state index contributed by atoms with van der Waals surface area (Å²) in [6.07, 6.45) is 4.19. The summed E-state index contributed by atoms with van der Waals surface area (Å²) in [6.45, 7) is 6.36. The second-order valence-corrected chi connectivity index (χ2v) is 8.60. The van der Waals surface area contributed by atoms with Crippen LogP contribution in [-0.2, 0) is 0 Å². The van der Waals surface area contributed by atoms with E-state index in [1.807, 2.05) is 9.80 Å². The van der Waals surface area contributed by atoms with Crippen LogP contribution in [0.4, 0.5) is 13.6 Å². The summed E-state index contributed by atoms with van der Waals surface area (Å²) in [7, 11) is 0. The van der Waals surface area contributed by atoms with E-state index < -0.39 is 0 Å². The molecule has 166 valence electrons. The van der Waals surface area contributed by atoms with Crippen LogP contribution >= 0.6 is 0 Å². The summed E-state index contributed by atoms with van der Waals surface area (Å²) in [5.74, 6) is -0.484. The third-order valence-electron chi connectivity index (χ3n) is 6.53. The highest BCUT2D eigenvalue weighted by atomic mass is 19.1. The predicted octanol–water partition coefficient (Wildman–Crippen LogP) is 4.71. The molecular weight excluding hydrogens is 396 g/mol. The van der Waals surface area contributed by atoms with Crippen LogP contribution in [0.5, 0.6) is 0 Å². The van der Waals surface area contributed by atoms with Gasteiger partial charge < -0.3 is 14.7 Å². The van der Waals surface area contributed by atoms with Gasteiger partial charge in [-0.25, -0.2) is 13.6 Å². The monoisotopic (exact) mass is 427 g/mol. The second kappa shape index (κ2) is 10.2. The van der Waals surface area contributed by atoms with Crippen molar-refractivity contribution in [2.45, 2.75) is 31.6 Å². The molecule has 0 aromatic heterocycles. The fraction of sp³-hybridized carbons (Fsp3) is 0.480. The van der Waals surface area contributed by atoms with Gasteiger partial charge in [-0.2, -0.15) is 0 Å². The first kappa shape index (κ1) is 21.8. The molecule has 4 rings (SSSR count). The SMILES string of the molecule is O=C1N(CCCC(c2ccc(F)cc2)c2ccc(F)cc2)CCN1CCN1CCCC1. The molecule has 2 heterocycles. The van der Waals surface area contributed by atoms with Crippen molar-refractivity contribution in [1.29, 1.82) is 0 Å². The average molecular weight is 428 g/mol. The Balaban J connectivity index is 1.32. The van der Waals surface area contributed by atoms with E-state index in [0.29, 0.717) is 6.54 Å². The van der Waals surface area contributed by atoms with Gasteiger partial charge in [0.15, 0.2) is 0 Å². The number of benzene rings is 2. The summed E-state index contributed by atoms with van der Waals surface area (Å²) >= 11 is 0. The molecule has 0 N–H and O–H groups in total. The van der Waals surface area contributed by atoms with Crippen molar-refractivity contribution in [3.8, 4) is 0 Å². The van der Waals surface area contributed by atoms with Gasteiger partial charge in [-0.15, -0.1) is 0 Å². The summed E-state index contributed by atoms with van der Waals surface area (Å²) < 4.78 is 26.8. The largest absolute Gasteiger partial charge is 0.323 e. The zero-order valence-corrected chi connectivity index (χ0v) is 18.0. The lowest BCUT2D eigenvalue weighted by atomic mass is 9.87. The highest BCUT2D eigenvalue weighted by Crippen LogP contribution is 2.30. The van der Waals surface area contributed by atoms with Crippen LogP contribution in [0.25, 0.3) is 0 Å². The minimum absolute atomic E-state index is 0.0465. The van der Waals surface area contributed by atoms with Gasteiger partial charge >= 0.3 is 6.03 Å². The Labute approximate surface area is 183 Å². The molecule has 31 heavy (non-hydrogen) atoms. The maximum Gasteiger partial charge on any atom is 0.320 e. The maximum absolute atomic E-state index is 13.4. The van der Waals surface area contributed by atoms with Gasteiger partial charge in [-0.1, -0.05) is 24.3 Å². The maximum atomic E-state index is 13.4. The lowest BCUT2D eigenvalue weighted by molar-refractivity contribution is 0.185. The normalized spacial score (nSPS) is 17.3. The molecule has 2 aromatic carbocycles. The molecule has 0 saturated carbocycles.